The second kappa shape index (κ2) is 5.24. The van der Waals surface area contributed by atoms with Crippen LogP contribution in [0, 0.1) is 11.3 Å². The molecule has 0 spiro atoms. The molecule has 0 radical (unpaired) electrons. The summed E-state index contributed by atoms with van der Waals surface area (Å²) in [5.41, 5.74) is 5.25. The molecule has 2 heterocycles. The molecular formula is C14H7BrF3N5. The Hall–Kier alpha value is -2.60. The molecule has 3 aromatic rings. The maximum atomic E-state index is 13.2. The standard InChI is InChI=1S/C14H7BrF3N5/c15-10-6(3-19)1-2-7-8(4-21-12(7)10)11-9(14(16,17)18)5-22-13(20)23-11/h1-2,4-5,21H,(H2,20,22,23). The van der Waals surface area contributed by atoms with Gasteiger partial charge in [-0.05, 0) is 22.0 Å². The minimum absolute atomic E-state index is 0.228. The van der Waals surface area contributed by atoms with Crippen LogP contribution >= 0.6 is 15.9 Å². The van der Waals surface area contributed by atoms with Gasteiger partial charge in [-0.15, -0.1) is 0 Å². The van der Waals surface area contributed by atoms with Gasteiger partial charge in [-0.3, -0.25) is 0 Å². The SMILES string of the molecule is N#Cc1ccc2c(-c3nc(N)ncc3C(F)(F)F)c[nH]c2c1Br. The van der Waals surface area contributed by atoms with Gasteiger partial charge in [0.1, 0.15) is 11.6 Å². The van der Waals surface area contributed by atoms with Crippen molar-refractivity contribution in [3.05, 3.63) is 40.1 Å². The Morgan fingerprint density at radius 3 is 2.70 bits per heavy atom. The number of nitrogens with zero attached hydrogens (tertiary/aromatic N) is 3. The van der Waals surface area contributed by atoms with Crippen LogP contribution in [0.15, 0.2) is 29.0 Å². The number of fused-ring (bicyclic) bond motifs is 1. The highest BCUT2D eigenvalue weighted by Gasteiger charge is 2.36. The van der Waals surface area contributed by atoms with Crippen LogP contribution in [-0.2, 0) is 6.18 Å². The van der Waals surface area contributed by atoms with Crippen molar-refractivity contribution in [1.29, 1.82) is 5.26 Å². The Labute approximate surface area is 136 Å². The number of aromatic nitrogens is 3. The van der Waals surface area contributed by atoms with Gasteiger partial charge in [-0.2, -0.15) is 18.4 Å². The van der Waals surface area contributed by atoms with Gasteiger partial charge in [0.15, 0.2) is 0 Å². The minimum atomic E-state index is -4.61. The first-order valence-electron chi connectivity index (χ1n) is 6.22. The smallest absolute Gasteiger partial charge is 0.368 e. The van der Waals surface area contributed by atoms with E-state index in [2.05, 4.69) is 30.9 Å². The third-order valence-corrected chi connectivity index (χ3v) is 4.11. The van der Waals surface area contributed by atoms with E-state index in [1.165, 1.54) is 12.3 Å². The number of halogens is 4. The Kier molecular flexibility index (Phi) is 3.49. The summed E-state index contributed by atoms with van der Waals surface area (Å²) in [7, 11) is 0. The fourth-order valence-corrected chi connectivity index (χ4v) is 2.80. The molecule has 0 saturated heterocycles. The molecule has 0 saturated carbocycles. The van der Waals surface area contributed by atoms with Gasteiger partial charge in [0, 0.05) is 23.3 Å². The number of nitrogens with two attached hydrogens (primary N) is 1. The Morgan fingerprint density at radius 2 is 2.04 bits per heavy atom. The maximum Gasteiger partial charge on any atom is 0.419 e. The Bertz CT molecular complexity index is 955. The fraction of sp³-hybridized carbons (Fsp3) is 0.0714. The molecule has 0 aliphatic rings. The van der Waals surface area contributed by atoms with Gasteiger partial charge in [-0.25, -0.2) is 9.97 Å². The quantitative estimate of drug-likeness (QED) is 0.669. The highest BCUT2D eigenvalue weighted by atomic mass is 79.9. The molecule has 23 heavy (non-hydrogen) atoms. The number of rotatable bonds is 1. The Balaban J connectivity index is 2.33. The number of nitrogen functional groups attached to an aromatic ring is 1. The maximum absolute atomic E-state index is 13.2. The first-order valence-corrected chi connectivity index (χ1v) is 7.02. The third kappa shape index (κ3) is 2.51. The van der Waals surface area contributed by atoms with Crippen molar-refractivity contribution in [2.24, 2.45) is 0 Å². The topological polar surface area (TPSA) is 91.4 Å². The zero-order valence-corrected chi connectivity index (χ0v) is 12.8. The summed E-state index contributed by atoms with van der Waals surface area (Å²) in [4.78, 5) is 10.0. The third-order valence-electron chi connectivity index (χ3n) is 3.28. The molecule has 0 bridgehead atoms. The van der Waals surface area contributed by atoms with Crippen LogP contribution in [0.4, 0.5) is 19.1 Å². The second-order valence-electron chi connectivity index (χ2n) is 4.65. The van der Waals surface area contributed by atoms with E-state index in [1.807, 2.05) is 6.07 Å². The largest absolute Gasteiger partial charge is 0.419 e. The predicted molar refractivity (Wildman–Crippen MR) is 81.2 cm³/mol. The summed E-state index contributed by atoms with van der Waals surface area (Å²) >= 11 is 3.27. The second-order valence-corrected chi connectivity index (χ2v) is 5.45. The van der Waals surface area contributed by atoms with Crippen molar-refractivity contribution in [3.63, 3.8) is 0 Å². The molecule has 2 aromatic heterocycles. The van der Waals surface area contributed by atoms with Gasteiger partial charge < -0.3 is 10.7 Å². The molecule has 3 N–H and O–H groups in total. The van der Waals surface area contributed by atoms with Crippen molar-refractivity contribution < 1.29 is 13.2 Å². The van der Waals surface area contributed by atoms with Gasteiger partial charge in [-0.1, -0.05) is 6.07 Å². The van der Waals surface area contributed by atoms with Gasteiger partial charge >= 0.3 is 6.18 Å². The number of benzene rings is 1. The molecule has 0 aliphatic heterocycles. The van der Waals surface area contributed by atoms with Crippen LogP contribution in [0.2, 0.25) is 0 Å². The summed E-state index contributed by atoms with van der Waals surface area (Å²) in [6.07, 6.45) is -2.56. The fourth-order valence-electron chi connectivity index (χ4n) is 2.25. The van der Waals surface area contributed by atoms with Gasteiger partial charge in [0.05, 0.1) is 21.2 Å². The van der Waals surface area contributed by atoms with Crippen molar-refractivity contribution >= 4 is 32.8 Å². The number of hydrogen-bond acceptors (Lipinski definition) is 4. The molecule has 0 atom stereocenters. The lowest BCUT2D eigenvalue weighted by molar-refractivity contribution is -0.137. The number of hydrogen-bond donors (Lipinski definition) is 2. The van der Waals surface area contributed by atoms with E-state index in [0.29, 0.717) is 27.1 Å². The molecule has 0 aliphatic carbocycles. The average molecular weight is 382 g/mol. The van der Waals surface area contributed by atoms with Crippen molar-refractivity contribution in [3.8, 4) is 17.3 Å². The van der Waals surface area contributed by atoms with Crippen LogP contribution in [-0.4, -0.2) is 15.0 Å². The van der Waals surface area contributed by atoms with Gasteiger partial charge in [0.2, 0.25) is 5.95 Å². The van der Waals surface area contributed by atoms with E-state index in [-0.39, 0.29) is 17.2 Å². The summed E-state index contributed by atoms with van der Waals surface area (Å²) in [6, 6.07) is 5.06. The molecular weight excluding hydrogens is 375 g/mol. The Morgan fingerprint density at radius 1 is 1.30 bits per heavy atom. The van der Waals surface area contributed by atoms with Crippen LogP contribution < -0.4 is 5.73 Å². The van der Waals surface area contributed by atoms with Crippen LogP contribution in [0.25, 0.3) is 22.2 Å². The number of H-pyrrole nitrogens is 1. The minimum Gasteiger partial charge on any atom is -0.368 e. The van der Waals surface area contributed by atoms with Crippen molar-refractivity contribution in [2.45, 2.75) is 6.18 Å². The first kappa shape index (κ1) is 15.3. The molecule has 116 valence electrons. The van der Waals surface area contributed by atoms with E-state index in [4.69, 9.17) is 11.0 Å². The van der Waals surface area contributed by atoms with E-state index in [9.17, 15) is 13.2 Å². The summed E-state index contributed by atoms with van der Waals surface area (Å²) in [5.74, 6) is -0.255. The summed E-state index contributed by atoms with van der Waals surface area (Å²) in [5, 5.41) is 9.49. The highest BCUT2D eigenvalue weighted by molar-refractivity contribution is 9.10. The lowest BCUT2D eigenvalue weighted by atomic mass is 10.0. The number of anilines is 1. The monoisotopic (exact) mass is 381 g/mol. The van der Waals surface area contributed by atoms with Crippen LogP contribution in [0.3, 0.4) is 0 Å². The summed E-state index contributed by atoms with van der Waals surface area (Å²) in [6.45, 7) is 0. The predicted octanol–water partition coefficient (Wildman–Crippen LogP) is 3.86. The molecule has 1 aromatic carbocycles. The first-order chi connectivity index (χ1) is 10.8. The number of nitrogens with one attached hydrogen (secondary N) is 1. The molecule has 0 amide bonds. The average Bonchev–Trinajstić information content (AvgIpc) is 2.91. The van der Waals surface area contributed by atoms with Crippen molar-refractivity contribution in [2.75, 3.05) is 5.73 Å². The number of alkyl halides is 3. The van der Waals surface area contributed by atoms with E-state index < -0.39 is 11.7 Å². The lowest BCUT2D eigenvalue weighted by Gasteiger charge is -2.11. The molecule has 3 rings (SSSR count). The molecule has 0 unspecified atom stereocenters. The van der Waals surface area contributed by atoms with Gasteiger partial charge in [0.25, 0.3) is 0 Å². The van der Waals surface area contributed by atoms with E-state index in [1.54, 1.807) is 6.07 Å². The number of aromatic amines is 1. The zero-order valence-electron chi connectivity index (χ0n) is 11.2. The van der Waals surface area contributed by atoms with Crippen molar-refractivity contribution in [1.82, 2.24) is 15.0 Å². The molecule has 5 nitrogen and oxygen atoms in total. The zero-order chi connectivity index (χ0) is 16.8. The normalized spacial score (nSPS) is 11.6. The molecule has 9 heteroatoms. The summed E-state index contributed by atoms with van der Waals surface area (Å²) < 4.78 is 40.0. The van der Waals surface area contributed by atoms with E-state index in [0.717, 1.165) is 0 Å². The number of nitriles is 1. The highest BCUT2D eigenvalue weighted by Crippen LogP contribution is 2.39. The van der Waals surface area contributed by atoms with E-state index >= 15 is 0 Å². The van der Waals surface area contributed by atoms with Crippen LogP contribution in [0.5, 0.6) is 0 Å². The van der Waals surface area contributed by atoms with Crippen LogP contribution in [0.1, 0.15) is 11.1 Å². The molecule has 0 fully saturated rings. The lowest BCUT2D eigenvalue weighted by Crippen LogP contribution is -2.10.